The number of anilines is 1. The normalized spacial score (nSPS) is 10.1. The number of nitrogens with zero attached hydrogens (tertiary/aromatic N) is 3. The summed E-state index contributed by atoms with van der Waals surface area (Å²) in [5, 5.41) is 2.63. The van der Waals surface area contributed by atoms with E-state index in [-0.39, 0.29) is 5.91 Å². The number of pyridine rings is 1. The maximum Gasteiger partial charge on any atom is 0.276 e. The van der Waals surface area contributed by atoms with Crippen LogP contribution in [0.25, 0.3) is 0 Å². The third-order valence-corrected chi connectivity index (χ3v) is 2.49. The van der Waals surface area contributed by atoms with Crippen molar-refractivity contribution in [2.75, 3.05) is 5.32 Å². The summed E-state index contributed by atoms with van der Waals surface area (Å²) in [5.74, 6) is -0.000369. The molecule has 18 heavy (non-hydrogen) atoms. The first-order valence-electron chi connectivity index (χ1n) is 5.75. The fraction of sp³-hybridized carbons (Fsp3) is 0.231. The predicted octanol–water partition coefficient (Wildman–Crippen LogP) is 1.99. The molecule has 0 spiro atoms. The third-order valence-electron chi connectivity index (χ3n) is 2.49. The fourth-order valence-electron chi connectivity index (χ4n) is 1.49. The average molecular weight is 242 g/mol. The van der Waals surface area contributed by atoms with Crippen LogP contribution in [0.1, 0.15) is 28.7 Å². The van der Waals surface area contributed by atoms with Gasteiger partial charge in [-0.2, -0.15) is 0 Å². The molecule has 0 aliphatic carbocycles. The minimum Gasteiger partial charge on any atom is -0.289 e. The molecule has 0 saturated heterocycles. The van der Waals surface area contributed by atoms with E-state index < -0.39 is 0 Å². The summed E-state index contributed by atoms with van der Waals surface area (Å²) in [6, 6.07) is 5.43. The number of amides is 1. The van der Waals surface area contributed by atoms with Gasteiger partial charge < -0.3 is 0 Å². The van der Waals surface area contributed by atoms with Gasteiger partial charge in [0.1, 0.15) is 5.69 Å². The minimum atomic E-state index is -0.295. The summed E-state index contributed by atoms with van der Waals surface area (Å²) in [4.78, 5) is 24.1. The molecule has 0 atom stereocenters. The standard InChI is InChI=1S/C13H14N4O/c1-3-10-5-7-14-11(8-10)12(18)17-13-15-6-4-9(2)16-13/h4-8H,3H2,1-2H3,(H,15,16,17,18). The van der Waals surface area contributed by atoms with Crippen molar-refractivity contribution in [1.29, 1.82) is 0 Å². The molecule has 0 aliphatic heterocycles. The second-order valence-corrected chi connectivity index (χ2v) is 3.88. The SMILES string of the molecule is CCc1ccnc(C(=O)Nc2nccc(C)n2)c1. The van der Waals surface area contributed by atoms with Gasteiger partial charge in [-0.1, -0.05) is 6.92 Å². The minimum absolute atomic E-state index is 0.295. The molecular weight excluding hydrogens is 228 g/mol. The second kappa shape index (κ2) is 5.35. The van der Waals surface area contributed by atoms with Gasteiger partial charge in [-0.3, -0.25) is 15.1 Å². The van der Waals surface area contributed by atoms with E-state index in [0.29, 0.717) is 11.6 Å². The highest BCUT2D eigenvalue weighted by atomic mass is 16.2. The van der Waals surface area contributed by atoms with Crippen molar-refractivity contribution >= 4 is 11.9 Å². The Morgan fingerprint density at radius 1 is 1.28 bits per heavy atom. The molecule has 0 bridgehead atoms. The van der Waals surface area contributed by atoms with Gasteiger partial charge in [-0.05, 0) is 37.1 Å². The molecule has 1 amide bonds. The molecule has 0 fully saturated rings. The number of rotatable bonds is 3. The van der Waals surface area contributed by atoms with E-state index in [1.165, 1.54) is 0 Å². The van der Waals surface area contributed by atoms with Crippen LogP contribution in [0.3, 0.4) is 0 Å². The lowest BCUT2D eigenvalue weighted by Crippen LogP contribution is -2.16. The topological polar surface area (TPSA) is 67.8 Å². The maximum atomic E-state index is 11.9. The van der Waals surface area contributed by atoms with Gasteiger partial charge in [0.2, 0.25) is 5.95 Å². The Labute approximate surface area is 105 Å². The Balaban J connectivity index is 2.16. The maximum absolute atomic E-state index is 11.9. The van der Waals surface area contributed by atoms with Crippen molar-refractivity contribution in [3.63, 3.8) is 0 Å². The molecule has 0 saturated carbocycles. The number of carbonyl (C=O) groups excluding carboxylic acids is 1. The first kappa shape index (κ1) is 12.2. The smallest absolute Gasteiger partial charge is 0.276 e. The number of hydrogen-bond acceptors (Lipinski definition) is 4. The monoisotopic (exact) mass is 242 g/mol. The number of carbonyl (C=O) groups is 1. The Kier molecular flexibility index (Phi) is 3.62. The van der Waals surface area contributed by atoms with Crippen LogP contribution in [0.15, 0.2) is 30.6 Å². The molecule has 2 aromatic heterocycles. The molecule has 0 aliphatic rings. The van der Waals surface area contributed by atoms with Crippen molar-refractivity contribution in [3.05, 3.63) is 47.5 Å². The van der Waals surface area contributed by atoms with Crippen LogP contribution in [0, 0.1) is 6.92 Å². The molecular formula is C13H14N4O. The van der Waals surface area contributed by atoms with E-state index in [1.807, 2.05) is 19.9 Å². The molecule has 5 heteroatoms. The van der Waals surface area contributed by atoms with E-state index >= 15 is 0 Å². The van der Waals surface area contributed by atoms with E-state index in [0.717, 1.165) is 17.7 Å². The van der Waals surface area contributed by atoms with Crippen molar-refractivity contribution in [2.24, 2.45) is 0 Å². The van der Waals surface area contributed by atoms with Crippen LogP contribution in [-0.4, -0.2) is 20.9 Å². The summed E-state index contributed by atoms with van der Waals surface area (Å²) >= 11 is 0. The second-order valence-electron chi connectivity index (χ2n) is 3.88. The fourth-order valence-corrected chi connectivity index (χ4v) is 1.49. The number of hydrogen-bond donors (Lipinski definition) is 1. The summed E-state index contributed by atoms with van der Waals surface area (Å²) < 4.78 is 0. The summed E-state index contributed by atoms with van der Waals surface area (Å²) in [7, 11) is 0. The first-order chi connectivity index (χ1) is 8.69. The zero-order valence-electron chi connectivity index (χ0n) is 10.3. The van der Waals surface area contributed by atoms with E-state index in [9.17, 15) is 4.79 Å². The van der Waals surface area contributed by atoms with Crippen LogP contribution in [0.5, 0.6) is 0 Å². The quantitative estimate of drug-likeness (QED) is 0.893. The highest BCUT2D eigenvalue weighted by molar-refractivity contribution is 6.01. The first-order valence-corrected chi connectivity index (χ1v) is 5.75. The van der Waals surface area contributed by atoms with Gasteiger partial charge in [0.25, 0.3) is 5.91 Å². The van der Waals surface area contributed by atoms with E-state index in [1.54, 1.807) is 24.5 Å². The summed E-state index contributed by atoms with van der Waals surface area (Å²) in [5.41, 5.74) is 2.25. The van der Waals surface area contributed by atoms with Crippen LogP contribution in [-0.2, 0) is 6.42 Å². The summed E-state index contributed by atoms with van der Waals surface area (Å²) in [6.45, 7) is 3.87. The van der Waals surface area contributed by atoms with Crippen LogP contribution in [0.4, 0.5) is 5.95 Å². The van der Waals surface area contributed by atoms with Crippen molar-refractivity contribution in [1.82, 2.24) is 15.0 Å². The van der Waals surface area contributed by atoms with Gasteiger partial charge in [-0.15, -0.1) is 0 Å². The largest absolute Gasteiger partial charge is 0.289 e. The van der Waals surface area contributed by atoms with Gasteiger partial charge in [-0.25, -0.2) is 9.97 Å². The molecule has 92 valence electrons. The third kappa shape index (κ3) is 2.88. The van der Waals surface area contributed by atoms with Crippen LogP contribution >= 0.6 is 0 Å². The lowest BCUT2D eigenvalue weighted by molar-refractivity contribution is 0.102. The van der Waals surface area contributed by atoms with Crippen molar-refractivity contribution in [3.8, 4) is 0 Å². The van der Waals surface area contributed by atoms with Crippen LogP contribution in [0.2, 0.25) is 0 Å². The van der Waals surface area contributed by atoms with Crippen molar-refractivity contribution < 1.29 is 4.79 Å². The molecule has 1 N–H and O–H groups in total. The number of nitrogens with one attached hydrogen (secondary N) is 1. The molecule has 2 rings (SSSR count). The Bertz CT molecular complexity index is 568. The summed E-state index contributed by atoms with van der Waals surface area (Å²) in [6.07, 6.45) is 4.10. The highest BCUT2D eigenvalue weighted by Gasteiger charge is 2.09. The Hall–Kier alpha value is -2.30. The van der Waals surface area contributed by atoms with E-state index in [4.69, 9.17) is 0 Å². The lowest BCUT2D eigenvalue weighted by atomic mass is 10.2. The van der Waals surface area contributed by atoms with Gasteiger partial charge in [0.05, 0.1) is 0 Å². The molecule has 0 unspecified atom stereocenters. The lowest BCUT2D eigenvalue weighted by Gasteiger charge is -2.04. The highest BCUT2D eigenvalue weighted by Crippen LogP contribution is 2.05. The van der Waals surface area contributed by atoms with Crippen molar-refractivity contribution in [2.45, 2.75) is 20.3 Å². The zero-order valence-corrected chi connectivity index (χ0v) is 10.3. The Morgan fingerprint density at radius 3 is 2.78 bits per heavy atom. The zero-order chi connectivity index (χ0) is 13.0. The van der Waals surface area contributed by atoms with Gasteiger partial charge in [0, 0.05) is 18.1 Å². The Morgan fingerprint density at radius 2 is 2.06 bits per heavy atom. The number of aromatic nitrogens is 3. The predicted molar refractivity (Wildman–Crippen MR) is 68.3 cm³/mol. The molecule has 5 nitrogen and oxygen atoms in total. The van der Waals surface area contributed by atoms with Gasteiger partial charge in [0.15, 0.2) is 0 Å². The number of aryl methyl sites for hydroxylation is 2. The molecule has 0 aromatic carbocycles. The average Bonchev–Trinajstić information content (AvgIpc) is 2.39. The molecule has 2 aromatic rings. The molecule has 2 heterocycles. The van der Waals surface area contributed by atoms with Gasteiger partial charge >= 0.3 is 0 Å². The van der Waals surface area contributed by atoms with E-state index in [2.05, 4.69) is 20.3 Å². The van der Waals surface area contributed by atoms with Crippen LogP contribution < -0.4 is 5.32 Å². The molecule has 0 radical (unpaired) electrons.